The monoisotopic (exact) mass is 415 g/mol. The minimum Gasteiger partial charge on any atom is -0.293 e. The van der Waals surface area contributed by atoms with Crippen molar-refractivity contribution in [2.75, 3.05) is 11.4 Å². The average molecular weight is 416 g/mol. The summed E-state index contributed by atoms with van der Waals surface area (Å²) in [6, 6.07) is 9.51. The largest absolute Gasteiger partial charge is 0.293 e. The van der Waals surface area contributed by atoms with Crippen molar-refractivity contribution in [1.29, 1.82) is 0 Å². The van der Waals surface area contributed by atoms with Crippen LogP contribution in [0, 0.1) is 10.1 Å². The molecule has 9 heteroatoms. The Bertz CT molecular complexity index is 938. The number of carbonyl (C=O) groups excluding carboxylic acids is 1. The zero-order chi connectivity index (χ0) is 18.7. The Balaban J connectivity index is 1.84. The Morgan fingerprint density at radius 3 is 2.54 bits per heavy atom. The number of amides is 1. The molecule has 0 atom stereocenters. The van der Waals surface area contributed by atoms with E-state index < -0.39 is 4.92 Å². The first-order chi connectivity index (χ1) is 12.5. The second kappa shape index (κ2) is 7.44. The minimum absolute atomic E-state index is 0.00400. The highest BCUT2D eigenvalue weighted by Crippen LogP contribution is 2.19. The topological polar surface area (TPSA) is 94.2 Å². The summed E-state index contributed by atoms with van der Waals surface area (Å²) in [5, 5.41) is 14.9. The molecule has 0 aliphatic rings. The van der Waals surface area contributed by atoms with Crippen molar-refractivity contribution < 1.29 is 9.72 Å². The van der Waals surface area contributed by atoms with E-state index in [0.29, 0.717) is 23.6 Å². The maximum atomic E-state index is 12.8. The Hall–Kier alpha value is -3.07. The fourth-order valence-electron chi connectivity index (χ4n) is 2.39. The van der Waals surface area contributed by atoms with E-state index in [1.807, 2.05) is 13.0 Å². The predicted molar refractivity (Wildman–Crippen MR) is 99.5 cm³/mol. The van der Waals surface area contributed by atoms with Crippen LogP contribution in [0.25, 0.3) is 5.69 Å². The average Bonchev–Trinajstić information content (AvgIpc) is 3.14. The van der Waals surface area contributed by atoms with E-state index in [-0.39, 0.29) is 11.6 Å². The van der Waals surface area contributed by atoms with Gasteiger partial charge in [0.15, 0.2) is 0 Å². The van der Waals surface area contributed by atoms with Crippen LogP contribution in [0.4, 0.5) is 11.5 Å². The van der Waals surface area contributed by atoms with Crippen LogP contribution in [0.5, 0.6) is 0 Å². The number of rotatable bonds is 5. The van der Waals surface area contributed by atoms with Crippen LogP contribution < -0.4 is 4.90 Å². The van der Waals surface area contributed by atoms with Crippen LogP contribution in [0.15, 0.2) is 59.5 Å². The number of nitro groups is 1. The molecule has 0 unspecified atom stereocenters. The molecule has 0 aliphatic heterocycles. The molecular formula is C17H14BrN5O3. The quantitative estimate of drug-likeness (QED) is 0.468. The SMILES string of the molecule is CCN(C(=O)c1cnn(-c2ccc([N+](=O)[O-])cc2)c1)c1ccc(Br)cn1. The number of aromatic nitrogens is 3. The number of nitro benzene ring substituents is 1. The molecule has 1 amide bonds. The summed E-state index contributed by atoms with van der Waals surface area (Å²) in [5.74, 6) is 0.319. The molecule has 3 rings (SSSR count). The van der Waals surface area contributed by atoms with Crippen LogP contribution in [-0.4, -0.2) is 32.1 Å². The lowest BCUT2D eigenvalue weighted by Crippen LogP contribution is -2.31. The molecular weight excluding hydrogens is 402 g/mol. The van der Waals surface area contributed by atoms with Crippen molar-refractivity contribution in [1.82, 2.24) is 14.8 Å². The number of hydrogen-bond donors (Lipinski definition) is 0. The second-order valence-corrected chi connectivity index (χ2v) is 6.25. The van der Waals surface area contributed by atoms with E-state index in [9.17, 15) is 14.9 Å². The number of halogens is 1. The van der Waals surface area contributed by atoms with Gasteiger partial charge < -0.3 is 0 Å². The van der Waals surface area contributed by atoms with Crippen LogP contribution in [0.3, 0.4) is 0 Å². The van der Waals surface area contributed by atoms with Crippen molar-refractivity contribution in [3.8, 4) is 5.69 Å². The summed E-state index contributed by atoms with van der Waals surface area (Å²) < 4.78 is 2.33. The van der Waals surface area contributed by atoms with Crippen molar-refractivity contribution in [3.05, 3.63) is 75.1 Å². The molecule has 0 aliphatic carbocycles. The highest BCUT2D eigenvalue weighted by molar-refractivity contribution is 9.10. The van der Waals surface area contributed by atoms with Gasteiger partial charge >= 0.3 is 0 Å². The predicted octanol–water partition coefficient (Wildman–Crippen LogP) is 3.60. The number of non-ortho nitro benzene ring substituents is 1. The molecule has 0 radical (unpaired) electrons. The Kier molecular flexibility index (Phi) is 5.08. The van der Waals surface area contributed by atoms with Gasteiger partial charge in [0.1, 0.15) is 5.82 Å². The summed E-state index contributed by atoms with van der Waals surface area (Å²) in [4.78, 5) is 28.8. The van der Waals surface area contributed by atoms with Gasteiger partial charge in [0.25, 0.3) is 11.6 Å². The molecule has 2 aromatic heterocycles. The minimum atomic E-state index is -0.466. The summed E-state index contributed by atoms with van der Waals surface area (Å²) in [6.45, 7) is 2.32. The van der Waals surface area contributed by atoms with E-state index in [0.717, 1.165) is 4.47 Å². The zero-order valence-electron chi connectivity index (χ0n) is 13.7. The van der Waals surface area contributed by atoms with Gasteiger partial charge in [-0.15, -0.1) is 0 Å². The smallest absolute Gasteiger partial charge is 0.269 e. The van der Waals surface area contributed by atoms with Gasteiger partial charge in [0.2, 0.25) is 0 Å². The molecule has 0 saturated carbocycles. The van der Waals surface area contributed by atoms with E-state index in [1.165, 1.54) is 23.0 Å². The molecule has 0 saturated heterocycles. The lowest BCUT2D eigenvalue weighted by Gasteiger charge is -2.18. The molecule has 2 heterocycles. The fraction of sp³-hybridized carbons (Fsp3) is 0.118. The molecule has 1 aromatic carbocycles. The second-order valence-electron chi connectivity index (χ2n) is 5.33. The van der Waals surface area contributed by atoms with Gasteiger partial charge in [-0.3, -0.25) is 19.8 Å². The van der Waals surface area contributed by atoms with E-state index in [1.54, 1.807) is 35.5 Å². The van der Waals surface area contributed by atoms with Crippen molar-refractivity contribution in [2.24, 2.45) is 0 Å². The first-order valence-electron chi connectivity index (χ1n) is 7.72. The number of pyridine rings is 1. The Morgan fingerprint density at radius 1 is 1.23 bits per heavy atom. The highest BCUT2D eigenvalue weighted by atomic mass is 79.9. The summed E-state index contributed by atoms with van der Waals surface area (Å²) in [6.07, 6.45) is 4.68. The van der Waals surface area contributed by atoms with E-state index >= 15 is 0 Å². The third kappa shape index (κ3) is 3.62. The molecule has 8 nitrogen and oxygen atoms in total. The Morgan fingerprint density at radius 2 is 1.96 bits per heavy atom. The molecule has 0 N–H and O–H groups in total. The molecule has 3 aromatic rings. The third-order valence-electron chi connectivity index (χ3n) is 3.70. The third-order valence-corrected chi connectivity index (χ3v) is 4.17. The summed E-state index contributed by atoms with van der Waals surface area (Å²) in [5.41, 5.74) is 1.02. The standard InChI is InChI=1S/C17H14BrN5O3/c1-2-21(16-8-3-13(18)10-19-16)17(24)12-9-20-22(11-12)14-4-6-15(7-5-14)23(25)26/h3-11H,2H2,1H3. The fourth-order valence-corrected chi connectivity index (χ4v) is 2.63. The van der Waals surface area contributed by atoms with Gasteiger partial charge in [-0.25, -0.2) is 9.67 Å². The molecule has 26 heavy (non-hydrogen) atoms. The van der Waals surface area contributed by atoms with Crippen LogP contribution in [0.1, 0.15) is 17.3 Å². The highest BCUT2D eigenvalue weighted by Gasteiger charge is 2.19. The first kappa shape index (κ1) is 17.7. The summed E-state index contributed by atoms with van der Waals surface area (Å²) in [7, 11) is 0. The zero-order valence-corrected chi connectivity index (χ0v) is 15.3. The van der Waals surface area contributed by atoms with Gasteiger partial charge in [0.05, 0.1) is 22.4 Å². The van der Waals surface area contributed by atoms with Crippen LogP contribution in [-0.2, 0) is 0 Å². The van der Waals surface area contributed by atoms with Gasteiger partial charge in [-0.05, 0) is 47.1 Å². The van der Waals surface area contributed by atoms with Crippen molar-refractivity contribution in [2.45, 2.75) is 6.92 Å². The normalized spacial score (nSPS) is 10.5. The van der Waals surface area contributed by atoms with Crippen molar-refractivity contribution in [3.63, 3.8) is 0 Å². The van der Waals surface area contributed by atoms with E-state index in [4.69, 9.17) is 0 Å². The van der Waals surface area contributed by atoms with Gasteiger partial charge in [0, 0.05) is 35.5 Å². The van der Waals surface area contributed by atoms with Crippen molar-refractivity contribution >= 4 is 33.3 Å². The summed E-state index contributed by atoms with van der Waals surface area (Å²) >= 11 is 3.32. The number of hydrogen-bond acceptors (Lipinski definition) is 5. The lowest BCUT2D eigenvalue weighted by molar-refractivity contribution is -0.384. The number of anilines is 1. The number of carbonyl (C=O) groups is 1. The maximum Gasteiger partial charge on any atom is 0.269 e. The number of benzene rings is 1. The first-order valence-corrected chi connectivity index (χ1v) is 8.52. The van der Waals surface area contributed by atoms with E-state index in [2.05, 4.69) is 26.0 Å². The van der Waals surface area contributed by atoms with Crippen LogP contribution >= 0.6 is 15.9 Å². The van der Waals surface area contributed by atoms with Gasteiger partial charge in [-0.2, -0.15) is 5.10 Å². The molecule has 0 spiro atoms. The lowest BCUT2D eigenvalue weighted by atomic mass is 10.2. The molecule has 0 fully saturated rings. The van der Waals surface area contributed by atoms with Gasteiger partial charge in [-0.1, -0.05) is 0 Å². The molecule has 132 valence electrons. The van der Waals surface area contributed by atoms with Crippen LogP contribution in [0.2, 0.25) is 0 Å². The Labute approximate surface area is 157 Å². The maximum absolute atomic E-state index is 12.8. The molecule has 0 bridgehead atoms. The number of nitrogens with zero attached hydrogens (tertiary/aromatic N) is 5.